The van der Waals surface area contributed by atoms with Crippen molar-refractivity contribution in [1.82, 2.24) is 10.6 Å². The number of fused-ring (bicyclic) bond motifs is 1. The first-order valence-corrected chi connectivity index (χ1v) is 8.31. The number of nitrogens with one attached hydrogen (secondary N) is 2. The standard InChI is InChI=1S/C18H22N2O5/c21-18(19-8-4-9-22-12-14-5-3-10-23-14)20-11-15-13-24-16-6-1-2-7-17(16)25-15/h1-3,5-7,10,15H,4,8-9,11-13H2,(H2,19,20,21)/t15-/m0/s1. The van der Waals surface area contributed by atoms with Crippen LogP contribution in [-0.2, 0) is 11.3 Å². The van der Waals surface area contributed by atoms with Gasteiger partial charge in [0.2, 0.25) is 0 Å². The molecule has 25 heavy (non-hydrogen) atoms. The highest BCUT2D eigenvalue weighted by atomic mass is 16.6. The molecule has 0 saturated heterocycles. The Morgan fingerprint density at radius 2 is 2.04 bits per heavy atom. The van der Waals surface area contributed by atoms with Gasteiger partial charge < -0.3 is 29.3 Å². The zero-order chi connectivity index (χ0) is 17.3. The Labute approximate surface area is 146 Å². The fourth-order valence-corrected chi connectivity index (χ4v) is 2.38. The summed E-state index contributed by atoms with van der Waals surface area (Å²) in [6, 6.07) is 11.0. The van der Waals surface area contributed by atoms with Gasteiger partial charge in [0.05, 0.1) is 12.8 Å². The first kappa shape index (κ1) is 17.2. The number of hydrogen-bond donors (Lipinski definition) is 2. The number of urea groups is 1. The molecule has 0 saturated carbocycles. The summed E-state index contributed by atoms with van der Waals surface area (Å²) in [7, 11) is 0. The number of ether oxygens (including phenoxy) is 3. The maximum absolute atomic E-state index is 11.8. The van der Waals surface area contributed by atoms with E-state index in [-0.39, 0.29) is 12.1 Å². The van der Waals surface area contributed by atoms with Gasteiger partial charge in [-0.1, -0.05) is 12.1 Å². The Kier molecular flexibility index (Phi) is 6.17. The average molecular weight is 346 g/mol. The molecule has 7 heteroatoms. The lowest BCUT2D eigenvalue weighted by Crippen LogP contribution is -2.44. The minimum atomic E-state index is -0.228. The molecule has 2 aromatic rings. The summed E-state index contributed by atoms with van der Waals surface area (Å²) >= 11 is 0. The van der Waals surface area contributed by atoms with E-state index in [1.807, 2.05) is 36.4 Å². The maximum atomic E-state index is 11.8. The molecule has 2 heterocycles. The molecule has 7 nitrogen and oxygen atoms in total. The Hall–Kier alpha value is -2.67. The molecule has 134 valence electrons. The van der Waals surface area contributed by atoms with Gasteiger partial charge in [-0.3, -0.25) is 0 Å². The monoisotopic (exact) mass is 346 g/mol. The van der Waals surface area contributed by atoms with Gasteiger partial charge in [0, 0.05) is 13.2 Å². The lowest BCUT2D eigenvalue weighted by Gasteiger charge is -2.26. The number of para-hydroxylation sites is 2. The minimum absolute atomic E-state index is 0.197. The number of hydrogen-bond acceptors (Lipinski definition) is 5. The topological polar surface area (TPSA) is 82.0 Å². The highest BCUT2D eigenvalue weighted by Crippen LogP contribution is 2.30. The van der Waals surface area contributed by atoms with Gasteiger partial charge in [-0.15, -0.1) is 0 Å². The van der Waals surface area contributed by atoms with Crippen molar-refractivity contribution in [3.05, 3.63) is 48.4 Å². The summed E-state index contributed by atoms with van der Waals surface area (Å²) in [6.45, 7) is 2.33. The Morgan fingerprint density at radius 3 is 2.88 bits per heavy atom. The molecule has 2 amide bonds. The van der Waals surface area contributed by atoms with Crippen LogP contribution in [0.5, 0.6) is 11.5 Å². The first-order valence-electron chi connectivity index (χ1n) is 8.31. The van der Waals surface area contributed by atoms with E-state index in [9.17, 15) is 4.79 Å². The van der Waals surface area contributed by atoms with Gasteiger partial charge in [0.15, 0.2) is 17.6 Å². The third-order valence-corrected chi connectivity index (χ3v) is 3.63. The van der Waals surface area contributed by atoms with Crippen molar-refractivity contribution in [3.63, 3.8) is 0 Å². The van der Waals surface area contributed by atoms with E-state index in [1.165, 1.54) is 0 Å². The highest BCUT2D eigenvalue weighted by molar-refractivity contribution is 5.73. The van der Waals surface area contributed by atoms with Gasteiger partial charge in [0.25, 0.3) is 0 Å². The van der Waals surface area contributed by atoms with Crippen LogP contribution in [0.1, 0.15) is 12.2 Å². The van der Waals surface area contributed by atoms with Gasteiger partial charge in [-0.25, -0.2) is 4.79 Å². The number of carbonyl (C=O) groups is 1. The van der Waals surface area contributed by atoms with Crippen LogP contribution < -0.4 is 20.1 Å². The quantitative estimate of drug-likeness (QED) is 0.717. The van der Waals surface area contributed by atoms with E-state index in [0.717, 1.165) is 17.9 Å². The third-order valence-electron chi connectivity index (χ3n) is 3.63. The molecular formula is C18H22N2O5. The van der Waals surface area contributed by atoms with Crippen molar-refractivity contribution >= 4 is 6.03 Å². The molecule has 1 aliphatic rings. The van der Waals surface area contributed by atoms with Crippen molar-refractivity contribution < 1.29 is 23.4 Å². The van der Waals surface area contributed by atoms with Crippen molar-refractivity contribution in [2.75, 3.05) is 26.3 Å². The first-order chi connectivity index (χ1) is 12.3. The van der Waals surface area contributed by atoms with Crippen LogP contribution in [0.25, 0.3) is 0 Å². The van der Waals surface area contributed by atoms with E-state index >= 15 is 0 Å². The van der Waals surface area contributed by atoms with E-state index < -0.39 is 0 Å². The Bertz CT molecular complexity index is 659. The van der Waals surface area contributed by atoms with Gasteiger partial charge >= 0.3 is 6.03 Å². The largest absolute Gasteiger partial charge is 0.486 e. The van der Waals surface area contributed by atoms with Crippen LogP contribution in [0.3, 0.4) is 0 Å². The second-order valence-electron chi connectivity index (χ2n) is 5.62. The van der Waals surface area contributed by atoms with Crippen molar-refractivity contribution in [2.24, 2.45) is 0 Å². The molecule has 0 fully saturated rings. The normalized spacial score (nSPS) is 15.6. The lowest BCUT2D eigenvalue weighted by atomic mass is 10.2. The molecule has 1 aliphatic heterocycles. The fraction of sp³-hybridized carbons (Fsp3) is 0.389. The van der Waals surface area contributed by atoms with Crippen LogP contribution >= 0.6 is 0 Å². The number of carbonyl (C=O) groups excluding carboxylic acids is 1. The summed E-state index contributed by atoms with van der Waals surface area (Å²) in [4.78, 5) is 11.8. The van der Waals surface area contributed by atoms with E-state index in [1.54, 1.807) is 6.26 Å². The van der Waals surface area contributed by atoms with Crippen LogP contribution in [0.2, 0.25) is 0 Å². The predicted octanol–water partition coefficient (Wildman–Crippen LogP) is 2.33. The maximum Gasteiger partial charge on any atom is 0.314 e. The number of amides is 2. The zero-order valence-electron chi connectivity index (χ0n) is 13.9. The molecule has 2 N–H and O–H groups in total. The second kappa shape index (κ2) is 8.98. The number of benzene rings is 1. The van der Waals surface area contributed by atoms with Crippen LogP contribution in [-0.4, -0.2) is 38.4 Å². The third kappa shape index (κ3) is 5.42. The molecule has 0 spiro atoms. The van der Waals surface area contributed by atoms with Crippen LogP contribution in [0, 0.1) is 0 Å². The van der Waals surface area contributed by atoms with Gasteiger partial charge in [0.1, 0.15) is 19.0 Å². The molecule has 1 atom stereocenters. The SMILES string of the molecule is O=C(NCCCOCc1ccco1)NC[C@H]1COc2ccccc2O1. The molecule has 1 aromatic carbocycles. The average Bonchev–Trinajstić information content (AvgIpc) is 3.16. The highest BCUT2D eigenvalue weighted by Gasteiger charge is 2.20. The van der Waals surface area contributed by atoms with Gasteiger partial charge in [-0.05, 0) is 30.7 Å². The summed E-state index contributed by atoms with van der Waals surface area (Å²) in [5, 5.41) is 5.57. The smallest absolute Gasteiger partial charge is 0.314 e. The molecule has 0 bridgehead atoms. The van der Waals surface area contributed by atoms with E-state index in [2.05, 4.69) is 10.6 Å². The van der Waals surface area contributed by atoms with E-state index in [4.69, 9.17) is 18.6 Å². The molecular weight excluding hydrogens is 324 g/mol. The Balaban J connectivity index is 1.24. The zero-order valence-corrected chi connectivity index (χ0v) is 13.9. The van der Waals surface area contributed by atoms with Crippen LogP contribution in [0.15, 0.2) is 47.1 Å². The fourth-order valence-electron chi connectivity index (χ4n) is 2.38. The lowest BCUT2D eigenvalue weighted by molar-refractivity contribution is 0.0915. The molecule has 1 aromatic heterocycles. The molecule has 0 unspecified atom stereocenters. The van der Waals surface area contributed by atoms with Crippen LogP contribution in [0.4, 0.5) is 4.79 Å². The molecule has 3 rings (SSSR count). The number of rotatable bonds is 8. The van der Waals surface area contributed by atoms with Crippen molar-refractivity contribution in [2.45, 2.75) is 19.1 Å². The predicted molar refractivity (Wildman–Crippen MR) is 90.7 cm³/mol. The summed E-state index contributed by atoms with van der Waals surface area (Å²) < 4.78 is 22.0. The van der Waals surface area contributed by atoms with Crippen molar-refractivity contribution in [3.8, 4) is 11.5 Å². The summed E-state index contributed by atoms with van der Waals surface area (Å²) in [6.07, 6.45) is 2.15. The summed E-state index contributed by atoms with van der Waals surface area (Å²) in [5.74, 6) is 2.23. The molecule has 0 radical (unpaired) electrons. The van der Waals surface area contributed by atoms with Crippen molar-refractivity contribution in [1.29, 1.82) is 0 Å². The summed E-state index contributed by atoms with van der Waals surface area (Å²) in [5.41, 5.74) is 0. The minimum Gasteiger partial charge on any atom is -0.486 e. The van der Waals surface area contributed by atoms with E-state index in [0.29, 0.717) is 38.7 Å². The second-order valence-corrected chi connectivity index (χ2v) is 5.62. The van der Waals surface area contributed by atoms with Gasteiger partial charge in [-0.2, -0.15) is 0 Å². The number of furan rings is 1. The molecule has 0 aliphatic carbocycles. The Morgan fingerprint density at radius 1 is 1.16 bits per heavy atom.